The lowest BCUT2D eigenvalue weighted by molar-refractivity contribution is -0.293. The SMILES string of the molecule is CC(C)(C)[Si](C)(C)OC[C@@]1(C)O[C@@H](CC#CC[C@H]2O[C@H]3CC[C@@]4(C)O[C@@](C)(CCOCc5ccccc5)[C@H](OCc5ccccc5)C[C@@H]4O[C@@H]3C[C@@H]2O[Si](C)(C)C(C)(C)C)[C@H](O[Si](C)(C)C(C)(C)C)C[C@@H]1O[Si](C)(C)C(C)(C)C. The Bertz CT molecular complexity index is 2310. The van der Waals surface area contributed by atoms with Crippen LogP contribution in [0, 0.1) is 11.8 Å². The van der Waals surface area contributed by atoms with Crippen molar-refractivity contribution in [2.75, 3.05) is 13.2 Å². The second-order valence-electron chi connectivity index (χ2n) is 30.9. The van der Waals surface area contributed by atoms with Crippen LogP contribution >= 0.6 is 0 Å². The van der Waals surface area contributed by atoms with E-state index in [1.165, 1.54) is 0 Å². The van der Waals surface area contributed by atoms with Gasteiger partial charge in [0.1, 0.15) is 5.60 Å². The van der Waals surface area contributed by atoms with Gasteiger partial charge in [0.15, 0.2) is 33.3 Å². The zero-order valence-electron chi connectivity index (χ0n) is 54.0. The van der Waals surface area contributed by atoms with Gasteiger partial charge in [-0.2, -0.15) is 0 Å². The Kier molecular flexibility index (Phi) is 21.2. The molecule has 0 bridgehead atoms. The Morgan fingerprint density at radius 1 is 0.544 bits per heavy atom. The molecule has 0 spiro atoms. The first-order chi connectivity index (χ1) is 36.2. The summed E-state index contributed by atoms with van der Waals surface area (Å²) in [5, 5.41) is 0.0861. The monoisotopic (exact) mass is 1160 g/mol. The molecule has 0 N–H and O–H groups in total. The molecule has 0 aromatic heterocycles. The fourth-order valence-electron chi connectivity index (χ4n) is 10.5. The molecule has 12 atom stereocenters. The van der Waals surface area contributed by atoms with Crippen molar-refractivity contribution in [2.45, 2.75) is 313 Å². The minimum Gasteiger partial charge on any atom is -0.414 e. The second kappa shape index (κ2) is 25.2. The molecule has 4 aliphatic heterocycles. The number of hydrogen-bond donors (Lipinski definition) is 0. The lowest BCUT2D eigenvalue weighted by Gasteiger charge is -2.53. The molecule has 0 saturated carbocycles. The highest BCUT2D eigenvalue weighted by Crippen LogP contribution is 2.50. The lowest BCUT2D eigenvalue weighted by Crippen LogP contribution is -2.64. The molecule has 0 unspecified atom stereocenters. The number of benzene rings is 2. The van der Waals surface area contributed by atoms with Crippen molar-refractivity contribution < 1.29 is 46.1 Å². The van der Waals surface area contributed by atoms with Gasteiger partial charge in [-0.1, -0.05) is 144 Å². The van der Waals surface area contributed by atoms with E-state index in [1.807, 2.05) is 12.1 Å². The van der Waals surface area contributed by atoms with Crippen LogP contribution in [-0.4, -0.2) is 118 Å². The summed E-state index contributed by atoms with van der Waals surface area (Å²) in [5.74, 6) is 7.37. The van der Waals surface area contributed by atoms with Gasteiger partial charge in [-0.05, 0) is 117 Å². The van der Waals surface area contributed by atoms with Crippen molar-refractivity contribution >= 4 is 33.3 Å². The molecule has 4 heterocycles. The maximum absolute atomic E-state index is 7.48. The normalized spacial score (nSPS) is 31.6. The lowest BCUT2D eigenvalue weighted by atomic mass is 9.79. The van der Waals surface area contributed by atoms with E-state index < -0.39 is 50.1 Å². The Labute approximate surface area is 486 Å². The van der Waals surface area contributed by atoms with Crippen LogP contribution in [0.1, 0.15) is 166 Å². The summed E-state index contributed by atoms with van der Waals surface area (Å²) in [6, 6.07) is 20.8. The van der Waals surface area contributed by atoms with Crippen LogP contribution in [0.4, 0.5) is 0 Å². The van der Waals surface area contributed by atoms with Crippen LogP contribution in [0.25, 0.3) is 0 Å². The van der Waals surface area contributed by atoms with Gasteiger partial charge in [0.25, 0.3) is 0 Å². The molecule has 0 aliphatic carbocycles. The average Bonchev–Trinajstić information content (AvgIpc) is 3.77. The average molecular weight is 1170 g/mol. The minimum absolute atomic E-state index is 0.00331. The van der Waals surface area contributed by atoms with Crippen molar-refractivity contribution in [1.29, 1.82) is 0 Å². The highest BCUT2D eigenvalue weighted by atomic mass is 28.4. The number of rotatable bonds is 19. The standard InChI is InChI=1S/C65H112O10Si4/c1-59(2,3)76(16,17)68-47-65(15)58(74-79(22,23)62(10,11)12)43-55(73-78(20,21)61(7,8)9)52(71-65)37-31-30-36-50-54(72-77(18,19)60(4,5)6)42-53-51(69-50)38-39-63(13)57(70-53)44-56(67-46-49-34-28-25-29-35-49)64(14,75-63)40-41-66-45-48-32-26-24-27-33-48/h24-29,32-35,50-58H,36-47H2,1-23H3/t50-,51+,52+,53-,54+,55-,56-,57+,58+,63-,64+,65-/m1/s1. The number of ether oxygens (including phenoxy) is 6. The first kappa shape index (κ1) is 66.6. The van der Waals surface area contributed by atoms with Crippen molar-refractivity contribution in [1.82, 2.24) is 0 Å². The molecule has 79 heavy (non-hydrogen) atoms. The van der Waals surface area contributed by atoms with E-state index in [9.17, 15) is 0 Å². The maximum atomic E-state index is 7.48. The smallest absolute Gasteiger partial charge is 0.192 e. The van der Waals surface area contributed by atoms with Crippen molar-refractivity contribution in [3.8, 4) is 11.8 Å². The second-order valence-corrected chi connectivity index (χ2v) is 50.0. The Morgan fingerprint density at radius 3 is 1.57 bits per heavy atom. The molecular formula is C65H112O10Si4. The maximum Gasteiger partial charge on any atom is 0.192 e. The van der Waals surface area contributed by atoms with E-state index in [0.29, 0.717) is 52.1 Å². The van der Waals surface area contributed by atoms with Gasteiger partial charge in [0.05, 0.1) is 86.0 Å². The molecule has 10 nitrogen and oxygen atoms in total. The summed E-state index contributed by atoms with van der Waals surface area (Å²) in [4.78, 5) is 0. The summed E-state index contributed by atoms with van der Waals surface area (Å²) in [6.45, 7) is 55.2. The highest BCUT2D eigenvalue weighted by Gasteiger charge is 2.58. The minimum atomic E-state index is -2.26. The van der Waals surface area contributed by atoms with Gasteiger partial charge >= 0.3 is 0 Å². The van der Waals surface area contributed by atoms with Gasteiger partial charge in [-0.15, -0.1) is 11.8 Å². The van der Waals surface area contributed by atoms with Crippen molar-refractivity contribution in [3.05, 3.63) is 71.8 Å². The summed E-state index contributed by atoms with van der Waals surface area (Å²) >= 11 is 0. The predicted molar refractivity (Wildman–Crippen MR) is 334 cm³/mol. The molecule has 0 amide bonds. The van der Waals surface area contributed by atoms with Crippen molar-refractivity contribution in [2.24, 2.45) is 0 Å². The fraction of sp³-hybridized carbons (Fsp3) is 0.785. The summed E-state index contributed by atoms with van der Waals surface area (Å²) in [7, 11) is -8.90. The zero-order valence-corrected chi connectivity index (χ0v) is 58.0. The zero-order chi connectivity index (χ0) is 58.9. The van der Waals surface area contributed by atoms with E-state index in [1.54, 1.807) is 0 Å². The van der Waals surface area contributed by atoms with E-state index in [2.05, 4.69) is 217 Å². The first-order valence-corrected chi connectivity index (χ1v) is 41.9. The Morgan fingerprint density at radius 2 is 1.04 bits per heavy atom. The van der Waals surface area contributed by atoms with Crippen molar-refractivity contribution in [3.63, 3.8) is 0 Å². The molecule has 4 fully saturated rings. The summed E-state index contributed by atoms with van der Waals surface area (Å²) < 4.78 is 72.1. The van der Waals surface area contributed by atoms with E-state index in [4.69, 9.17) is 46.1 Å². The molecule has 448 valence electrons. The van der Waals surface area contributed by atoms with Gasteiger partial charge in [-0.3, -0.25) is 0 Å². The van der Waals surface area contributed by atoms with Crippen LogP contribution in [0.2, 0.25) is 72.5 Å². The quantitative estimate of drug-likeness (QED) is 0.0769. The molecule has 4 saturated heterocycles. The molecule has 2 aromatic carbocycles. The van der Waals surface area contributed by atoms with Crippen LogP contribution in [0.5, 0.6) is 0 Å². The highest BCUT2D eigenvalue weighted by molar-refractivity contribution is 6.75. The van der Waals surface area contributed by atoms with Crippen LogP contribution in [0.15, 0.2) is 60.7 Å². The van der Waals surface area contributed by atoms with Crippen LogP contribution in [0.3, 0.4) is 0 Å². The third-order valence-corrected chi connectivity index (χ3v) is 38.3. The third-order valence-electron chi connectivity index (χ3n) is 20.3. The molecule has 0 radical (unpaired) electrons. The Hall–Kier alpha value is -1.53. The molecule has 4 aliphatic rings. The van der Waals surface area contributed by atoms with Gasteiger partial charge in [-0.25, -0.2) is 0 Å². The van der Waals surface area contributed by atoms with Crippen LogP contribution < -0.4 is 0 Å². The van der Waals surface area contributed by atoms with Gasteiger partial charge in [0.2, 0.25) is 0 Å². The molecule has 14 heteroatoms. The number of fused-ring (bicyclic) bond motifs is 2. The molecular weight excluding hydrogens is 1050 g/mol. The topological polar surface area (TPSA) is 92.3 Å². The van der Waals surface area contributed by atoms with Gasteiger partial charge in [0, 0.05) is 45.1 Å². The largest absolute Gasteiger partial charge is 0.414 e. The summed E-state index contributed by atoms with van der Waals surface area (Å²) in [5.41, 5.74) is 0.429. The first-order valence-electron chi connectivity index (χ1n) is 30.3. The fourth-order valence-corrected chi connectivity index (χ4v) is 15.8. The predicted octanol–water partition coefficient (Wildman–Crippen LogP) is 16.3. The Balaban J connectivity index is 1.26. The molecule has 6 rings (SSSR count). The third kappa shape index (κ3) is 16.7. The van der Waals surface area contributed by atoms with Crippen LogP contribution in [-0.2, 0) is 59.3 Å². The summed E-state index contributed by atoms with van der Waals surface area (Å²) in [6.07, 6.45) is 3.73. The number of hydrogen-bond acceptors (Lipinski definition) is 10. The molecule has 2 aromatic rings. The van der Waals surface area contributed by atoms with Gasteiger partial charge < -0.3 is 46.1 Å². The van der Waals surface area contributed by atoms with E-state index in [-0.39, 0.29) is 75.1 Å². The van der Waals surface area contributed by atoms with E-state index in [0.717, 1.165) is 36.8 Å². The van der Waals surface area contributed by atoms with E-state index >= 15 is 0 Å².